The van der Waals surface area contributed by atoms with Crippen LogP contribution in [0.2, 0.25) is 0 Å². The molecular formula is C26H18BN6. The molecule has 7 heteroatoms. The number of hydrogen-bond donors (Lipinski definition) is 0. The van der Waals surface area contributed by atoms with Gasteiger partial charge in [0.1, 0.15) is 11.6 Å². The Labute approximate surface area is 192 Å². The molecule has 0 saturated carbocycles. The Balaban J connectivity index is 1.39. The average Bonchev–Trinajstić information content (AvgIpc) is 3.30. The lowest BCUT2D eigenvalue weighted by Gasteiger charge is -2.19. The maximum atomic E-state index is 4.65. The van der Waals surface area contributed by atoms with E-state index in [9.17, 15) is 0 Å². The molecule has 1 radical (unpaired) electrons. The lowest BCUT2D eigenvalue weighted by Crippen LogP contribution is -2.29. The maximum Gasteiger partial charge on any atom is 0.403 e. The van der Waals surface area contributed by atoms with Gasteiger partial charge < -0.3 is 9.62 Å². The Bertz CT molecular complexity index is 1300. The van der Waals surface area contributed by atoms with Crippen LogP contribution in [-0.4, -0.2) is 27.5 Å². The molecule has 0 unspecified atom stereocenters. The van der Waals surface area contributed by atoms with Crippen molar-refractivity contribution in [2.75, 3.05) is 9.62 Å². The zero-order chi connectivity index (χ0) is 22.0. The number of anilines is 4. The summed E-state index contributed by atoms with van der Waals surface area (Å²) in [6.45, 7) is 0. The van der Waals surface area contributed by atoms with Gasteiger partial charge in [-0.05, 0) is 60.7 Å². The smallest absolute Gasteiger partial charge is 0.351 e. The van der Waals surface area contributed by atoms with Gasteiger partial charge in [-0.3, -0.25) is 9.97 Å². The molecule has 6 rings (SSSR count). The van der Waals surface area contributed by atoms with E-state index in [0.29, 0.717) is 0 Å². The van der Waals surface area contributed by atoms with Crippen molar-refractivity contribution < 1.29 is 0 Å². The predicted molar refractivity (Wildman–Crippen MR) is 131 cm³/mol. The quantitative estimate of drug-likeness (QED) is 0.358. The van der Waals surface area contributed by atoms with Crippen molar-refractivity contribution >= 4 is 30.6 Å². The van der Waals surface area contributed by atoms with Gasteiger partial charge in [0.25, 0.3) is 0 Å². The molecule has 155 valence electrons. The summed E-state index contributed by atoms with van der Waals surface area (Å²) in [4.78, 5) is 22.4. The van der Waals surface area contributed by atoms with Crippen LogP contribution in [0.3, 0.4) is 0 Å². The zero-order valence-corrected chi connectivity index (χ0v) is 17.7. The molecule has 0 spiro atoms. The largest absolute Gasteiger partial charge is 0.403 e. The minimum absolute atomic E-state index is 0.814. The van der Waals surface area contributed by atoms with Gasteiger partial charge in [0.2, 0.25) is 0 Å². The Kier molecular flexibility index (Phi) is 4.77. The van der Waals surface area contributed by atoms with Crippen LogP contribution in [-0.2, 0) is 0 Å². The second-order valence-electron chi connectivity index (χ2n) is 7.58. The van der Waals surface area contributed by atoms with Crippen LogP contribution in [0.5, 0.6) is 0 Å². The molecule has 6 nitrogen and oxygen atoms in total. The first-order valence-corrected chi connectivity index (χ1v) is 10.6. The second kappa shape index (κ2) is 8.20. The van der Waals surface area contributed by atoms with Crippen molar-refractivity contribution in [1.82, 2.24) is 19.9 Å². The fraction of sp³-hybridized carbons (Fsp3) is 0. The van der Waals surface area contributed by atoms with Gasteiger partial charge in [-0.15, -0.1) is 0 Å². The van der Waals surface area contributed by atoms with Crippen LogP contribution < -0.4 is 9.62 Å². The van der Waals surface area contributed by atoms with Crippen molar-refractivity contribution in [3.63, 3.8) is 0 Å². The highest BCUT2D eigenvalue weighted by Crippen LogP contribution is 2.42. The molecule has 0 aliphatic carbocycles. The fourth-order valence-corrected chi connectivity index (χ4v) is 3.96. The van der Waals surface area contributed by atoms with Crippen LogP contribution in [0.1, 0.15) is 0 Å². The maximum absolute atomic E-state index is 4.65. The summed E-state index contributed by atoms with van der Waals surface area (Å²) in [5.41, 5.74) is 5.92. The first-order valence-electron chi connectivity index (χ1n) is 10.6. The number of rotatable bonds is 4. The molecule has 0 atom stereocenters. The molecule has 0 bridgehead atoms. The van der Waals surface area contributed by atoms with Crippen LogP contribution >= 0.6 is 0 Å². The third kappa shape index (κ3) is 3.59. The van der Waals surface area contributed by atoms with Crippen LogP contribution in [0.15, 0.2) is 110 Å². The number of benzene rings is 1. The fourth-order valence-electron chi connectivity index (χ4n) is 3.96. The molecule has 0 saturated heterocycles. The summed E-state index contributed by atoms with van der Waals surface area (Å²) < 4.78 is 0. The molecule has 0 fully saturated rings. The van der Waals surface area contributed by atoms with Gasteiger partial charge in [0.15, 0.2) is 0 Å². The Morgan fingerprint density at radius 3 is 1.42 bits per heavy atom. The van der Waals surface area contributed by atoms with Gasteiger partial charge in [-0.25, -0.2) is 9.97 Å². The van der Waals surface area contributed by atoms with E-state index >= 15 is 0 Å². The SMILES string of the molecule is [B]1N(c2cc(-c3ccccn3)ccn2)c2ccccc2N1c1cc(-c2ccccn2)ccn1. The molecule has 1 aliphatic rings. The minimum atomic E-state index is 0.814. The third-order valence-electron chi connectivity index (χ3n) is 5.54. The number of para-hydroxylation sites is 2. The number of aromatic nitrogens is 4. The predicted octanol–water partition coefficient (Wildman–Crippen LogP) is 5.42. The van der Waals surface area contributed by atoms with E-state index in [-0.39, 0.29) is 0 Å². The molecule has 1 aromatic carbocycles. The normalized spacial score (nSPS) is 12.4. The van der Waals surface area contributed by atoms with E-state index in [0.717, 1.165) is 45.5 Å². The summed E-state index contributed by atoms with van der Waals surface area (Å²) in [7, 11) is 2.03. The molecule has 5 aromatic rings. The topological polar surface area (TPSA) is 58.0 Å². The third-order valence-corrected chi connectivity index (χ3v) is 5.54. The standard InChI is InChI=1S/C26H18BN6/c1-2-10-24-23(9-1)32(25-17-19(11-15-30-25)21-7-3-5-13-28-21)27-33(24)26-18-20(12-16-31-26)22-8-4-6-14-29-22/h1-18H. The summed E-state index contributed by atoms with van der Waals surface area (Å²) >= 11 is 0. The lowest BCUT2D eigenvalue weighted by molar-refractivity contribution is 1.23. The minimum Gasteiger partial charge on any atom is -0.351 e. The van der Waals surface area contributed by atoms with E-state index in [4.69, 9.17) is 0 Å². The molecule has 0 amide bonds. The van der Waals surface area contributed by atoms with Crippen molar-refractivity contribution in [3.05, 3.63) is 110 Å². The van der Waals surface area contributed by atoms with Gasteiger partial charge in [-0.2, -0.15) is 0 Å². The highest BCUT2D eigenvalue weighted by atomic mass is 15.3. The van der Waals surface area contributed by atoms with E-state index in [2.05, 4.69) is 53.8 Å². The van der Waals surface area contributed by atoms with Crippen LogP contribution in [0, 0.1) is 0 Å². The van der Waals surface area contributed by atoms with Crippen molar-refractivity contribution in [1.29, 1.82) is 0 Å². The molecule has 4 aromatic heterocycles. The summed E-state index contributed by atoms with van der Waals surface area (Å²) in [5.74, 6) is 1.63. The summed E-state index contributed by atoms with van der Waals surface area (Å²) in [6.07, 6.45) is 7.24. The molecule has 0 N–H and O–H groups in total. The number of hydrogen-bond acceptors (Lipinski definition) is 6. The Hall–Kier alpha value is -4.52. The monoisotopic (exact) mass is 425 g/mol. The van der Waals surface area contributed by atoms with Crippen LogP contribution in [0.25, 0.3) is 22.5 Å². The molecule has 5 heterocycles. The van der Waals surface area contributed by atoms with Crippen LogP contribution in [0.4, 0.5) is 23.0 Å². The second-order valence-corrected chi connectivity index (χ2v) is 7.58. The summed E-state index contributed by atoms with van der Waals surface area (Å²) in [5, 5.41) is 0. The Morgan fingerprint density at radius 2 is 0.970 bits per heavy atom. The van der Waals surface area contributed by atoms with Gasteiger partial charge in [0.05, 0.1) is 22.8 Å². The van der Waals surface area contributed by atoms with E-state index in [1.54, 1.807) is 12.4 Å². The van der Waals surface area contributed by atoms with Crippen molar-refractivity contribution in [3.8, 4) is 22.5 Å². The van der Waals surface area contributed by atoms with E-state index in [1.807, 2.05) is 80.6 Å². The van der Waals surface area contributed by atoms with E-state index < -0.39 is 0 Å². The van der Waals surface area contributed by atoms with Gasteiger partial charge >= 0.3 is 7.55 Å². The Morgan fingerprint density at radius 1 is 0.485 bits per heavy atom. The molecule has 33 heavy (non-hydrogen) atoms. The summed E-state index contributed by atoms with van der Waals surface area (Å²) in [6, 6.07) is 28.1. The highest BCUT2D eigenvalue weighted by Gasteiger charge is 2.31. The average molecular weight is 425 g/mol. The number of pyridine rings is 4. The lowest BCUT2D eigenvalue weighted by atomic mass is 10.1. The zero-order valence-electron chi connectivity index (χ0n) is 17.7. The molecule has 1 aliphatic heterocycles. The highest BCUT2D eigenvalue weighted by molar-refractivity contribution is 6.55. The van der Waals surface area contributed by atoms with Crippen molar-refractivity contribution in [2.24, 2.45) is 0 Å². The first-order chi connectivity index (χ1) is 16.4. The van der Waals surface area contributed by atoms with Gasteiger partial charge in [0, 0.05) is 35.9 Å². The number of fused-ring (bicyclic) bond motifs is 1. The van der Waals surface area contributed by atoms with E-state index in [1.165, 1.54) is 0 Å². The first kappa shape index (κ1) is 19.2. The number of nitrogens with zero attached hydrogens (tertiary/aromatic N) is 6. The van der Waals surface area contributed by atoms with Crippen molar-refractivity contribution in [2.45, 2.75) is 0 Å². The molecular weight excluding hydrogens is 407 g/mol. The van der Waals surface area contributed by atoms with Gasteiger partial charge in [-0.1, -0.05) is 24.3 Å².